The molecule has 3 N–H and O–H groups in total. The van der Waals surface area contributed by atoms with Gasteiger partial charge in [-0.3, -0.25) is 25.8 Å². The molecular formula is C20H22BrN3O6S. The Balaban J connectivity index is 1.89. The van der Waals surface area contributed by atoms with Crippen molar-refractivity contribution in [2.45, 2.75) is 6.92 Å². The van der Waals surface area contributed by atoms with E-state index < -0.39 is 11.8 Å². The topological polar surface area (TPSA) is 107 Å². The summed E-state index contributed by atoms with van der Waals surface area (Å²) in [7, 11) is 4.35. The van der Waals surface area contributed by atoms with Crippen LogP contribution in [0.15, 0.2) is 34.8 Å². The van der Waals surface area contributed by atoms with E-state index in [4.69, 9.17) is 31.2 Å². The van der Waals surface area contributed by atoms with Gasteiger partial charge in [-0.1, -0.05) is 15.9 Å². The van der Waals surface area contributed by atoms with Crippen molar-refractivity contribution in [3.8, 4) is 23.0 Å². The molecule has 2 rings (SSSR count). The summed E-state index contributed by atoms with van der Waals surface area (Å²) in [5.41, 5.74) is 5.90. The van der Waals surface area contributed by atoms with Crippen molar-refractivity contribution in [1.82, 2.24) is 16.2 Å². The van der Waals surface area contributed by atoms with Crippen LogP contribution in [-0.2, 0) is 4.79 Å². The first kappa shape index (κ1) is 24.2. The Morgan fingerprint density at radius 2 is 1.61 bits per heavy atom. The lowest BCUT2D eigenvalue weighted by Crippen LogP contribution is -2.49. The van der Waals surface area contributed by atoms with Crippen molar-refractivity contribution in [3.63, 3.8) is 0 Å². The van der Waals surface area contributed by atoms with E-state index in [1.807, 2.05) is 19.1 Å². The van der Waals surface area contributed by atoms with E-state index in [2.05, 4.69) is 32.1 Å². The van der Waals surface area contributed by atoms with Crippen LogP contribution in [0.3, 0.4) is 0 Å². The molecule has 0 saturated heterocycles. The van der Waals surface area contributed by atoms with E-state index in [1.54, 1.807) is 6.07 Å². The third-order valence-electron chi connectivity index (χ3n) is 3.97. The molecule has 0 bridgehead atoms. The molecule has 0 spiro atoms. The van der Waals surface area contributed by atoms with Gasteiger partial charge in [0.25, 0.3) is 11.8 Å². The molecule has 0 aromatic heterocycles. The van der Waals surface area contributed by atoms with E-state index in [1.165, 1.54) is 33.5 Å². The number of halogens is 1. The van der Waals surface area contributed by atoms with Gasteiger partial charge in [0.1, 0.15) is 5.75 Å². The highest BCUT2D eigenvalue weighted by Gasteiger charge is 2.18. The Labute approximate surface area is 193 Å². The Hall–Kier alpha value is -3.05. The average Bonchev–Trinajstić information content (AvgIpc) is 2.75. The first-order valence-electron chi connectivity index (χ1n) is 8.88. The Kier molecular flexibility index (Phi) is 8.88. The third kappa shape index (κ3) is 6.72. The zero-order chi connectivity index (χ0) is 23.0. The van der Waals surface area contributed by atoms with Crippen molar-refractivity contribution in [1.29, 1.82) is 0 Å². The van der Waals surface area contributed by atoms with Crippen molar-refractivity contribution >= 4 is 45.1 Å². The van der Waals surface area contributed by atoms with Crippen LogP contribution in [0.5, 0.6) is 23.0 Å². The number of amides is 2. The number of nitrogens with one attached hydrogen (secondary N) is 3. The molecule has 2 aromatic carbocycles. The summed E-state index contributed by atoms with van der Waals surface area (Å²) in [5, 5.41) is 2.34. The lowest BCUT2D eigenvalue weighted by molar-refractivity contribution is -0.123. The summed E-state index contributed by atoms with van der Waals surface area (Å²) >= 11 is 8.40. The number of thiocarbonyl (C=S) groups is 1. The molecule has 166 valence electrons. The maximum absolute atomic E-state index is 12.5. The molecule has 2 aromatic rings. The molecule has 0 fully saturated rings. The third-order valence-corrected chi connectivity index (χ3v) is 4.66. The normalized spacial score (nSPS) is 9.97. The molecule has 2 amide bonds. The summed E-state index contributed by atoms with van der Waals surface area (Å²) in [4.78, 5) is 24.4. The smallest absolute Gasteiger partial charge is 0.276 e. The largest absolute Gasteiger partial charge is 0.493 e. The number of hydrogen-bond acceptors (Lipinski definition) is 7. The molecular weight excluding hydrogens is 490 g/mol. The predicted molar refractivity (Wildman–Crippen MR) is 122 cm³/mol. The fraction of sp³-hybridized carbons (Fsp3) is 0.250. The minimum absolute atomic E-state index is 0.105. The monoisotopic (exact) mass is 511 g/mol. The van der Waals surface area contributed by atoms with Gasteiger partial charge in [-0.2, -0.15) is 0 Å². The van der Waals surface area contributed by atoms with Crippen LogP contribution in [0.1, 0.15) is 15.9 Å². The lowest BCUT2D eigenvalue weighted by atomic mass is 10.1. The number of hydrazine groups is 1. The van der Waals surface area contributed by atoms with E-state index in [0.717, 1.165) is 10.0 Å². The molecule has 0 aliphatic rings. The second kappa shape index (κ2) is 11.4. The molecule has 31 heavy (non-hydrogen) atoms. The highest BCUT2D eigenvalue weighted by molar-refractivity contribution is 9.10. The average molecular weight is 512 g/mol. The van der Waals surface area contributed by atoms with Crippen LogP contribution in [0.4, 0.5) is 0 Å². The van der Waals surface area contributed by atoms with Gasteiger partial charge >= 0.3 is 0 Å². The predicted octanol–water partition coefficient (Wildman–Crippen LogP) is 2.50. The number of hydrogen-bond donors (Lipinski definition) is 3. The highest BCUT2D eigenvalue weighted by Crippen LogP contribution is 2.38. The Bertz CT molecular complexity index is 960. The minimum atomic E-state index is -0.535. The summed E-state index contributed by atoms with van der Waals surface area (Å²) in [5.74, 6) is 0.561. The van der Waals surface area contributed by atoms with Crippen molar-refractivity contribution in [2.75, 3.05) is 27.9 Å². The van der Waals surface area contributed by atoms with E-state index in [-0.39, 0.29) is 17.3 Å². The second-order valence-corrected chi connectivity index (χ2v) is 7.39. The number of carbonyl (C=O) groups is 2. The maximum atomic E-state index is 12.5. The van der Waals surface area contributed by atoms with Gasteiger partial charge in [0.2, 0.25) is 5.75 Å². The van der Waals surface area contributed by atoms with Crippen molar-refractivity contribution < 1.29 is 28.5 Å². The zero-order valence-corrected chi connectivity index (χ0v) is 19.7. The van der Waals surface area contributed by atoms with Crippen LogP contribution in [-0.4, -0.2) is 44.9 Å². The summed E-state index contributed by atoms with van der Waals surface area (Å²) in [6.07, 6.45) is 0. The van der Waals surface area contributed by atoms with Gasteiger partial charge in [-0.25, -0.2) is 0 Å². The first-order valence-corrected chi connectivity index (χ1v) is 10.1. The molecule has 0 heterocycles. The Morgan fingerprint density at radius 3 is 2.16 bits per heavy atom. The molecule has 0 unspecified atom stereocenters. The van der Waals surface area contributed by atoms with Crippen molar-refractivity contribution in [2.24, 2.45) is 0 Å². The number of ether oxygens (including phenoxy) is 4. The van der Waals surface area contributed by atoms with Crippen molar-refractivity contribution in [3.05, 3.63) is 45.9 Å². The first-order chi connectivity index (χ1) is 14.8. The van der Waals surface area contributed by atoms with Gasteiger partial charge in [0.05, 0.1) is 21.3 Å². The van der Waals surface area contributed by atoms with Crippen LogP contribution in [0, 0.1) is 6.92 Å². The van der Waals surface area contributed by atoms with Crippen LogP contribution in [0.2, 0.25) is 0 Å². The number of methoxy groups -OCH3 is 3. The molecule has 0 radical (unpaired) electrons. The summed E-state index contributed by atoms with van der Waals surface area (Å²) in [6, 6.07) is 8.40. The quantitative estimate of drug-likeness (QED) is 0.384. The van der Waals surface area contributed by atoms with E-state index >= 15 is 0 Å². The minimum Gasteiger partial charge on any atom is -0.493 e. The van der Waals surface area contributed by atoms with E-state index in [0.29, 0.717) is 23.0 Å². The number of benzene rings is 2. The number of rotatable bonds is 7. The maximum Gasteiger partial charge on any atom is 0.276 e. The van der Waals surface area contributed by atoms with Crippen LogP contribution in [0.25, 0.3) is 0 Å². The Morgan fingerprint density at radius 1 is 0.968 bits per heavy atom. The fourth-order valence-corrected chi connectivity index (χ4v) is 3.12. The van der Waals surface area contributed by atoms with Gasteiger partial charge in [-0.15, -0.1) is 0 Å². The molecule has 0 atom stereocenters. The molecule has 0 aliphatic carbocycles. The highest BCUT2D eigenvalue weighted by atomic mass is 79.9. The lowest BCUT2D eigenvalue weighted by Gasteiger charge is -2.15. The van der Waals surface area contributed by atoms with E-state index in [9.17, 15) is 9.59 Å². The zero-order valence-electron chi connectivity index (χ0n) is 17.3. The molecule has 0 saturated carbocycles. The van der Waals surface area contributed by atoms with Crippen LogP contribution < -0.4 is 35.1 Å². The second-order valence-electron chi connectivity index (χ2n) is 6.07. The standard InChI is InChI=1S/C20H22BrN3O6S/c1-11-7-13(21)5-6-14(11)30-10-17(25)23-24-20(31)22-19(26)12-8-15(27-2)18(29-4)16(9-12)28-3/h5-9H,10H2,1-4H3,(H,23,25)(H2,22,24,26,31). The van der Waals surface area contributed by atoms with Gasteiger partial charge in [0.15, 0.2) is 23.2 Å². The fourth-order valence-electron chi connectivity index (χ4n) is 2.50. The van der Waals surface area contributed by atoms with Gasteiger partial charge < -0.3 is 18.9 Å². The number of carbonyl (C=O) groups excluding carboxylic acids is 2. The summed E-state index contributed by atoms with van der Waals surface area (Å²) < 4.78 is 22.1. The van der Waals surface area contributed by atoms with Gasteiger partial charge in [0, 0.05) is 10.0 Å². The number of aryl methyl sites for hydroxylation is 1. The van der Waals surface area contributed by atoms with Crippen LogP contribution >= 0.6 is 28.1 Å². The molecule has 9 nitrogen and oxygen atoms in total. The molecule has 0 aliphatic heterocycles. The summed E-state index contributed by atoms with van der Waals surface area (Å²) in [6.45, 7) is 1.63. The SMILES string of the molecule is COc1cc(C(=O)NC(=S)NNC(=O)COc2ccc(Br)cc2C)cc(OC)c1OC. The molecule has 11 heteroatoms. The van der Waals surface area contributed by atoms with Gasteiger partial charge in [-0.05, 0) is 55.0 Å².